The number of methoxy groups -OCH3 is 1. The van der Waals surface area contributed by atoms with E-state index < -0.39 is 0 Å². The van der Waals surface area contributed by atoms with E-state index >= 15 is 0 Å². The molecule has 0 saturated heterocycles. The van der Waals surface area contributed by atoms with Crippen LogP contribution in [0.3, 0.4) is 0 Å². The van der Waals surface area contributed by atoms with Crippen LogP contribution in [0.4, 0.5) is 0 Å². The molecule has 1 aromatic carbocycles. The third kappa shape index (κ3) is 4.59. The number of ether oxygens (including phenoxy) is 1. The van der Waals surface area contributed by atoms with Gasteiger partial charge in [-0.25, -0.2) is 4.79 Å². The number of rotatable bonds is 6. The van der Waals surface area contributed by atoms with E-state index in [2.05, 4.69) is 18.6 Å². The Bertz CT molecular complexity index is 340. The van der Waals surface area contributed by atoms with E-state index in [1.807, 2.05) is 24.3 Å². The van der Waals surface area contributed by atoms with Gasteiger partial charge >= 0.3 is 5.97 Å². The quantitative estimate of drug-likeness (QED) is 0.699. The summed E-state index contributed by atoms with van der Waals surface area (Å²) >= 11 is 0. The molecule has 0 radical (unpaired) electrons. The standard InChI is InChI=1S/C15H22O2/c1-4-12(2)6-5-7-13-8-10-14(11-9-13)15(16)17-3/h8-12H,4-7H2,1-3H3. The zero-order chi connectivity index (χ0) is 12.7. The summed E-state index contributed by atoms with van der Waals surface area (Å²) < 4.78 is 4.66. The second-order valence-corrected chi connectivity index (χ2v) is 4.59. The molecule has 1 rings (SSSR count). The number of esters is 1. The molecule has 0 aromatic heterocycles. The van der Waals surface area contributed by atoms with Gasteiger partial charge in [0.1, 0.15) is 0 Å². The third-order valence-corrected chi connectivity index (χ3v) is 3.23. The van der Waals surface area contributed by atoms with E-state index in [1.165, 1.54) is 31.9 Å². The average molecular weight is 234 g/mol. The molecule has 0 aliphatic heterocycles. The first-order chi connectivity index (χ1) is 8.17. The predicted octanol–water partition coefficient (Wildman–Crippen LogP) is 3.84. The Hall–Kier alpha value is -1.31. The van der Waals surface area contributed by atoms with Crippen molar-refractivity contribution in [3.8, 4) is 0 Å². The van der Waals surface area contributed by atoms with Gasteiger partial charge in [-0.05, 0) is 36.5 Å². The topological polar surface area (TPSA) is 26.3 Å². The third-order valence-electron chi connectivity index (χ3n) is 3.23. The van der Waals surface area contributed by atoms with Crippen LogP contribution in [0.2, 0.25) is 0 Å². The van der Waals surface area contributed by atoms with Crippen LogP contribution < -0.4 is 0 Å². The number of hydrogen-bond acceptors (Lipinski definition) is 2. The lowest BCUT2D eigenvalue weighted by atomic mass is 9.99. The molecule has 1 aromatic rings. The number of carbonyl (C=O) groups excluding carboxylic acids is 1. The molecule has 0 bridgehead atoms. The Morgan fingerprint density at radius 2 is 1.94 bits per heavy atom. The molecule has 0 fully saturated rings. The van der Waals surface area contributed by atoms with Gasteiger partial charge in [0, 0.05) is 0 Å². The minimum atomic E-state index is -0.267. The molecule has 0 aliphatic carbocycles. The van der Waals surface area contributed by atoms with Gasteiger partial charge in [-0.2, -0.15) is 0 Å². The highest BCUT2D eigenvalue weighted by Crippen LogP contribution is 2.13. The molecule has 94 valence electrons. The normalized spacial score (nSPS) is 12.2. The van der Waals surface area contributed by atoms with Gasteiger partial charge < -0.3 is 4.74 Å². The molecule has 1 unspecified atom stereocenters. The largest absolute Gasteiger partial charge is 0.465 e. The second-order valence-electron chi connectivity index (χ2n) is 4.59. The molecule has 17 heavy (non-hydrogen) atoms. The first-order valence-corrected chi connectivity index (χ1v) is 6.34. The van der Waals surface area contributed by atoms with Crippen molar-refractivity contribution in [2.45, 2.75) is 39.5 Å². The summed E-state index contributed by atoms with van der Waals surface area (Å²) in [7, 11) is 1.41. The predicted molar refractivity (Wildman–Crippen MR) is 70.2 cm³/mol. The van der Waals surface area contributed by atoms with Gasteiger partial charge in [-0.15, -0.1) is 0 Å². The van der Waals surface area contributed by atoms with Crippen LogP contribution in [0.1, 0.15) is 49.0 Å². The summed E-state index contributed by atoms with van der Waals surface area (Å²) in [5.41, 5.74) is 1.92. The minimum absolute atomic E-state index is 0.267. The lowest BCUT2D eigenvalue weighted by Crippen LogP contribution is -2.01. The number of aryl methyl sites for hydroxylation is 1. The number of benzene rings is 1. The summed E-state index contributed by atoms with van der Waals surface area (Å²) in [6, 6.07) is 7.71. The van der Waals surface area contributed by atoms with Gasteiger partial charge in [0.05, 0.1) is 12.7 Å². The van der Waals surface area contributed by atoms with Crippen molar-refractivity contribution in [1.29, 1.82) is 0 Å². The van der Waals surface area contributed by atoms with Crippen LogP contribution in [0, 0.1) is 5.92 Å². The summed E-state index contributed by atoms with van der Waals surface area (Å²) in [6.45, 7) is 4.52. The number of carbonyl (C=O) groups is 1. The summed E-state index contributed by atoms with van der Waals surface area (Å²) in [6.07, 6.45) is 4.83. The lowest BCUT2D eigenvalue weighted by Gasteiger charge is -2.08. The van der Waals surface area contributed by atoms with E-state index in [0.717, 1.165) is 12.3 Å². The molecule has 1 atom stereocenters. The van der Waals surface area contributed by atoms with E-state index in [0.29, 0.717) is 5.56 Å². The average Bonchev–Trinajstić information content (AvgIpc) is 2.38. The molecule has 2 heteroatoms. The minimum Gasteiger partial charge on any atom is -0.465 e. The van der Waals surface area contributed by atoms with Crippen LogP contribution in [0.5, 0.6) is 0 Å². The van der Waals surface area contributed by atoms with E-state index in [4.69, 9.17) is 0 Å². The van der Waals surface area contributed by atoms with Crippen LogP contribution >= 0.6 is 0 Å². The first-order valence-electron chi connectivity index (χ1n) is 6.34. The van der Waals surface area contributed by atoms with E-state index in [-0.39, 0.29) is 5.97 Å². The SMILES string of the molecule is CCC(C)CCCc1ccc(C(=O)OC)cc1. The number of hydrogen-bond donors (Lipinski definition) is 0. The van der Waals surface area contributed by atoms with E-state index in [9.17, 15) is 4.79 Å². The van der Waals surface area contributed by atoms with Gasteiger partial charge in [-0.3, -0.25) is 0 Å². The van der Waals surface area contributed by atoms with Crippen molar-refractivity contribution in [1.82, 2.24) is 0 Å². The van der Waals surface area contributed by atoms with Crippen molar-refractivity contribution in [2.75, 3.05) is 7.11 Å². The summed E-state index contributed by atoms with van der Waals surface area (Å²) in [4.78, 5) is 11.2. The molecule has 0 spiro atoms. The molecular formula is C15H22O2. The Morgan fingerprint density at radius 1 is 1.29 bits per heavy atom. The fourth-order valence-electron chi connectivity index (χ4n) is 1.78. The van der Waals surface area contributed by atoms with E-state index in [1.54, 1.807) is 0 Å². The highest BCUT2D eigenvalue weighted by molar-refractivity contribution is 5.89. The van der Waals surface area contributed by atoms with Crippen molar-refractivity contribution < 1.29 is 9.53 Å². The van der Waals surface area contributed by atoms with Gasteiger partial charge in [0.25, 0.3) is 0 Å². The maximum Gasteiger partial charge on any atom is 0.337 e. The van der Waals surface area contributed by atoms with Crippen LogP contribution in [-0.4, -0.2) is 13.1 Å². The molecule has 0 heterocycles. The van der Waals surface area contributed by atoms with Gasteiger partial charge in [-0.1, -0.05) is 38.8 Å². The highest BCUT2D eigenvalue weighted by Gasteiger charge is 2.04. The maximum absolute atomic E-state index is 11.2. The molecule has 0 saturated carbocycles. The van der Waals surface area contributed by atoms with Crippen molar-refractivity contribution >= 4 is 5.97 Å². The Kier molecular flexibility index (Phi) is 5.75. The molecular weight excluding hydrogens is 212 g/mol. The summed E-state index contributed by atoms with van der Waals surface area (Å²) in [5, 5.41) is 0. The van der Waals surface area contributed by atoms with Crippen molar-refractivity contribution in [3.05, 3.63) is 35.4 Å². The molecule has 0 aliphatic rings. The van der Waals surface area contributed by atoms with Gasteiger partial charge in [0.15, 0.2) is 0 Å². The van der Waals surface area contributed by atoms with Crippen molar-refractivity contribution in [2.24, 2.45) is 5.92 Å². The second kappa shape index (κ2) is 7.10. The maximum atomic E-state index is 11.2. The van der Waals surface area contributed by atoms with Gasteiger partial charge in [0.2, 0.25) is 0 Å². The zero-order valence-corrected chi connectivity index (χ0v) is 11.0. The lowest BCUT2D eigenvalue weighted by molar-refractivity contribution is 0.0600. The first kappa shape index (κ1) is 13.8. The van der Waals surface area contributed by atoms with Crippen LogP contribution in [0.25, 0.3) is 0 Å². The van der Waals surface area contributed by atoms with Crippen molar-refractivity contribution in [3.63, 3.8) is 0 Å². The zero-order valence-electron chi connectivity index (χ0n) is 11.0. The smallest absolute Gasteiger partial charge is 0.337 e. The fourth-order valence-corrected chi connectivity index (χ4v) is 1.78. The van der Waals surface area contributed by atoms with Crippen LogP contribution in [0.15, 0.2) is 24.3 Å². The monoisotopic (exact) mass is 234 g/mol. The summed E-state index contributed by atoms with van der Waals surface area (Å²) in [5.74, 6) is 0.542. The van der Waals surface area contributed by atoms with Crippen LogP contribution in [-0.2, 0) is 11.2 Å². The molecule has 0 N–H and O–H groups in total. The Morgan fingerprint density at radius 3 is 2.47 bits per heavy atom. The highest BCUT2D eigenvalue weighted by atomic mass is 16.5. The molecule has 2 nitrogen and oxygen atoms in total. The Labute approximate surface area is 104 Å². The fraction of sp³-hybridized carbons (Fsp3) is 0.533. The molecule has 0 amide bonds. The Balaban J connectivity index is 2.43.